The van der Waals surface area contributed by atoms with Crippen molar-refractivity contribution >= 4 is 27.5 Å². The Hall–Kier alpha value is -0.0500. The Bertz CT molecular complexity index is 339. The summed E-state index contributed by atoms with van der Waals surface area (Å²) in [7, 11) is 0. The van der Waals surface area contributed by atoms with Crippen LogP contribution in [0.4, 0.5) is 0 Å². The van der Waals surface area contributed by atoms with E-state index in [-0.39, 0.29) is 0 Å². The molecular formula is C14H21BrClN. The second kappa shape index (κ2) is 8.12. The fourth-order valence-electron chi connectivity index (χ4n) is 1.69. The molecule has 1 aromatic carbocycles. The molecule has 0 amide bonds. The van der Waals surface area contributed by atoms with E-state index in [9.17, 15) is 0 Å². The summed E-state index contributed by atoms with van der Waals surface area (Å²) in [6, 6.07) is 6.05. The number of hydrogen-bond donors (Lipinski definition) is 1. The molecule has 0 saturated heterocycles. The highest BCUT2D eigenvalue weighted by Gasteiger charge is 2.01. The molecule has 0 bridgehead atoms. The number of rotatable bonds is 7. The molecule has 1 aromatic rings. The Morgan fingerprint density at radius 3 is 2.76 bits per heavy atom. The summed E-state index contributed by atoms with van der Waals surface area (Å²) in [5.74, 6) is 0.731. The van der Waals surface area contributed by atoms with Crippen LogP contribution in [0.15, 0.2) is 22.7 Å². The van der Waals surface area contributed by atoms with E-state index in [1.165, 1.54) is 18.4 Å². The highest BCUT2D eigenvalue weighted by Crippen LogP contribution is 2.22. The first-order valence-electron chi connectivity index (χ1n) is 6.24. The molecule has 0 heterocycles. The smallest absolute Gasteiger partial charge is 0.0438 e. The average molecular weight is 319 g/mol. The minimum atomic E-state index is 0.731. The summed E-state index contributed by atoms with van der Waals surface area (Å²) >= 11 is 9.62. The molecule has 0 fully saturated rings. The molecule has 3 heteroatoms. The lowest BCUT2D eigenvalue weighted by molar-refractivity contribution is 0.535. The Kier molecular flexibility index (Phi) is 7.17. The first kappa shape index (κ1) is 15.0. The van der Waals surface area contributed by atoms with Crippen molar-refractivity contribution < 1.29 is 0 Å². The molecule has 1 nitrogen and oxygen atoms in total. The van der Waals surface area contributed by atoms with Crippen LogP contribution in [-0.4, -0.2) is 13.1 Å². The van der Waals surface area contributed by atoms with Crippen LogP contribution in [0.25, 0.3) is 0 Å². The van der Waals surface area contributed by atoms with Crippen LogP contribution in [0.3, 0.4) is 0 Å². The monoisotopic (exact) mass is 317 g/mol. The topological polar surface area (TPSA) is 12.0 Å². The molecular weight excluding hydrogens is 298 g/mol. The minimum Gasteiger partial charge on any atom is -0.316 e. The van der Waals surface area contributed by atoms with Crippen LogP contribution >= 0.6 is 27.5 Å². The Morgan fingerprint density at radius 1 is 1.29 bits per heavy atom. The Labute approximate surface area is 118 Å². The number of hydrogen-bond acceptors (Lipinski definition) is 1. The van der Waals surface area contributed by atoms with Crippen LogP contribution < -0.4 is 5.32 Å². The van der Waals surface area contributed by atoms with Crippen LogP contribution in [0.5, 0.6) is 0 Å². The number of halogens is 2. The first-order chi connectivity index (χ1) is 8.09. The van der Waals surface area contributed by atoms with E-state index in [1.807, 2.05) is 12.1 Å². The zero-order valence-electron chi connectivity index (χ0n) is 10.6. The van der Waals surface area contributed by atoms with E-state index in [0.717, 1.165) is 34.9 Å². The zero-order chi connectivity index (χ0) is 12.7. The maximum absolute atomic E-state index is 6.14. The van der Waals surface area contributed by atoms with Gasteiger partial charge in [0.05, 0.1) is 0 Å². The third kappa shape index (κ3) is 6.44. The summed E-state index contributed by atoms with van der Waals surface area (Å²) in [6.07, 6.45) is 3.44. The van der Waals surface area contributed by atoms with E-state index in [4.69, 9.17) is 11.6 Å². The predicted molar refractivity (Wildman–Crippen MR) is 79.8 cm³/mol. The first-order valence-corrected chi connectivity index (χ1v) is 7.41. The Morgan fingerprint density at radius 2 is 2.06 bits per heavy atom. The lowest BCUT2D eigenvalue weighted by Gasteiger charge is -2.08. The molecule has 0 aliphatic carbocycles. The zero-order valence-corrected chi connectivity index (χ0v) is 12.9. The van der Waals surface area contributed by atoms with Gasteiger partial charge in [-0.05, 0) is 62.0 Å². The third-order valence-electron chi connectivity index (χ3n) is 2.61. The molecule has 0 atom stereocenters. The summed E-state index contributed by atoms with van der Waals surface area (Å²) in [6.45, 7) is 6.67. The predicted octanol–water partition coefficient (Wildman–Crippen LogP) is 4.67. The molecule has 0 saturated carbocycles. The van der Waals surface area contributed by atoms with Crippen molar-refractivity contribution in [2.45, 2.75) is 33.1 Å². The van der Waals surface area contributed by atoms with Gasteiger partial charge in [0.2, 0.25) is 0 Å². The molecule has 0 radical (unpaired) electrons. The summed E-state index contributed by atoms with van der Waals surface area (Å²) in [4.78, 5) is 0. The molecule has 1 N–H and O–H groups in total. The van der Waals surface area contributed by atoms with Crippen molar-refractivity contribution in [3.8, 4) is 0 Å². The molecule has 0 aromatic heterocycles. The number of nitrogens with one attached hydrogen (secondary N) is 1. The van der Waals surface area contributed by atoms with Crippen molar-refractivity contribution in [2.75, 3.05) is 13.1 Å². The van der Waals surface area contributed by atoms with Gasteiger partial charge in [-0.25, -0.2) is 0 Å². The summed E-state index contributed by atoms with van der Waals surface area (Å²) in [5, 5.41) is 4.33. The lowest BCUT2D eigenvalue weighted by atomic mass is 10.1. The van der Waals surface area contributed by atoms with Crippen molar-refractivity contribution in [3.05, 3.63) is 33.3 Å². The van der Waals surface area contributed by atoms with Gasteiger partial charge in [0.15, 0.2) is 0 Å². The normalized spacial score (nSPS) is 11.1. The molecule has 0 spiro atoms. The van der Waals surface area contributed by atoms with E-state index in [0.29, 0.717) is 0 Å². The van der Waals surface area contributed by atoms with E-state index in [2.05, 4.69) is 41.2 Å². The molecule has 17 heavy (non-hydrogen) atoms. The number of benzene rings is 1. The van der Waals surface area contributed by atoms with Gasteiger partial charge in [-0.2, -0.15) is 0 Å². The second-order valence-corrected chi connectivity index (χ2v) is 6.11. The van der Waals surface area contributed by atoms with Crippen molar-refractivity contribution in [1.82, 2.24) is 5.32 Å². The largest absolute Gasteiger partial charge is 0.316 e. The quantitative estimate of drug-likeness (QED) is 0.720. The molecule has 0 unspecified atom stereocenters. The molecule has 0 aliphatic rings. The third-order valence-corrected chi connectivity index (χ3v) is 3.47. The summed E-state index contributed by atoms with van der Waals surface area (Å²) < 4.78 is 1.11. The van der Waals surface area contributed by atoms with Crippen LogP contribution in [0.2, 0.25) is 5.02 Å². The summed E-state index contributed by atoms with van der Waals surface area (Å²) in [5.41, 5.74) is 1.24. The van der Waals surface area contributed by atoms with Crippen LogP contribution in [0.1, 0.15) is 32.3 Å². The van der Waals surface area contributed by atoms with E-state index >= 15 is 0 Å². The average Bonchev–Trinajstić information content (AvgIpc) is 2.27. The molecule has 1 rings (SSSR count). The van der Waals surface area contributed by atoms with Gasteiger partial charge in [0.1, 0.15) is 0 Å². The SMILES string of the molecule is CC(C)CNCCCCc1cc(Br)ccc1Cl. The van der Waals surface area contributed by atoms with Crippen molar-refractivity contribution in [1.29, 1.82) is 0 Å². The van der Waals surface area contributed by atoms with Gasteiger partial charge in [-0.3, -0.25) is 0 Å². The fourth-order valence-corrected chi connectivity index (χ4v) is 2.31. The van der Waals surface area contributed by atoms with E-state index < -0.39 is 0 Å². The molecule has 96 valence electrons. The van der Waals surface area contributed by atoms with Gasteiger partial charge in [-0.1, -0.05) is 41.4 Å². The highest BCUT2D eigenvalue weighted by molar-refractivity contribution is 9.10. The maximum Gasteiger partial charge on any atom is 0.0438 e. The minimum absolute atomic E-state index is 0.731. The van der Waals surface area contributed by atoms with E-state index in [1.54, 1.807) is 0 Å². The van der Waals surface area contributed by atoms with Crippen molar-refractivity contribution in [3.63, 3.8) is 0 Å². The fraction of sp³-hybridized carbons (Fsp3) is 0.571. The van der Waals surface area contributed by atoms with Crippen LogP contribution in [0, 0.1) is 5.92 Å². The van der Waals surface area contributed by atoms with Gasteiger partial charge in [0, 0.05) is 9.50 Å². The lowest BCUT2D eigenvalue weighted by Crippen LogP contribution is -2.20. The standard InChI is InChI=1S/C14H21BrClN/c1-11(2)10-17-8-4-3-5-12-9-13(15)6-7-14(12)16/h6-7,9,11,17H,3-5,8,10H2,1-2H3. The van der Waals surface area contributed by atoms with Crippen molar-refractivity contribution in [2.24, 2.45) is 5.92 Å². The highest BCUT2D eigenvalue weighted by atomic mass is 79.9. The number of unbranched alkanes of at least 4 members (excludes halogenated alkanes) is 1. The Balaban J connectivity index is 2.20. The maximum atomic E-state index is 6.14. The number of aryl methyl sites for hydroxylation is 1. The van der Waals surface area contributed by atoms with Gasteiger partial charge < -0.3 is 5.32 Å². The van der Waals surface area contributed by atoms with Gasteiger partial charge >= 0.3 is 0 Å². The van der Waals surface area contributed by atoms with Gasteiger partial charge in [-0.15, -0.1) is 0 Å². The molecule has 0 aliphatic heterocycles. The van der Waals surface area contributed by atoms with Crippen LogP contribution in [-0.2, 0) is 6.42 Å². The van der Waals surface area contributed by atoms with Gasteiger partial charge in [0.25, 0.3) is 0 Å². The second-order valence-electron chi connectivity index (χ2n) is 4.79.